The Bertz CT molecular complexity index is 569. The molecule has 0 bridgehead atoms. The highest BCUT2D eigenvalue weighted by molar-refractivity contribution is 7.90. The van der Waals surface area contributed by atoms with Crippen LogP contribution >= 0.6 is 0 Å². The number of carbonyl (C=O) groups excluding carboxylic acids is 1. The van der Waals surface area contributed by atoms with E-state index in [1.54, 1.807) is 6.92 Å². The Labute approximate surface area is 103 Å². The van der Waals surface area contributed by atoms with E-state index in [1.165, 1.54) is 0 Å². The first-order valence-corrected chi connectivity index (χ1v) is 6.50. The summed E-state index contributed by atoms with van der Waals surface area (Å²) in [5, 5.41) is 10.5. The third-order valence-corrected chi connectivity index (χ3v) is 3.29. The highest BCUT2D eigenvalue weighted by atomic mass is 32.2. The summed E-state index contributed by atoms with van der Waals surface area (Å²) >= 11 is 0. The Hall–Kier alpha value is -2.03. The molecule has 0 radical (unpaired) electrons. The van der Waals surface area contributed by atoms with Crippen molar-refractivity contribution in [2.24, 2.45) is 0 Å². The first-order valence-electron chi connectivity index (χ1n) is 5.02. The number of carbonyl (C=O) groups is 1. The minimum absolute atomic E-state index is 0.0571. The maximum atomic E-state index is 11.7. The van der Waals surface area contributed by atoms with Crippen LogP contribution in [0, 0.1) is 10.1 Å². The summed E-state index contributed by atoms with van der Waals surface area (Å²) in [5.41, 5.74) is -0.458. The number of aromatic nitrogens is 1. The minimum Gasteiger partial charge on any atom is -0.274 e. The van der Waals surface area contributed by atoms with Crippen LogP contribution in [-0.4, -0.2) is 24.2 Å². The maximum Gasteiger partial charge on any atom is 0.288 e. The number of nitrogens with zero attached hydrogens (tertiary/aromatic N) is 2. The van der Waals surface area contributed by atoms with Crippen LogP contribution in [0.2, 0.25) is 0 Å². The molecule has 1 heterocycles. The van der Waals surface area contributed by atoms with Crippen molar-refractivity contribution in [3.8, 4) is 0 Å². The molecule has 0 saturated heterocycles. The zero-order valence-electron chi connectivity index (χ0n) is 9.49. The number of hydrogen-bond donors (Lipinski definition) is 1. The summed E-state index contributed by atoms with van der Waals surface area (Å²) in [6, 6.07) is 0.842. The van der Waals surface area contributed by atoms with Gasteiger partial charge in [-0.1, -0.05) is 6.92 Å². The Kier molecular flexibility index (Phi) is 4.32. The molecule has 0 spiro atoms. The van der Waals surface area contributed by atoms with Crippen molar-refractivity contribution < 1.29 is 18.1 Å². The molecule has 98 valence electrons. The summed E-state index contributed by atoms with van der Waals surface area (Å²) in [7, 11) is -4.10. The van der Waals surface area contributed by atoms with Crippen molar-refractivity contribution in [3.05, 3.63) is 28.6 Å². The zero-order valence-corrected chi connectivity index (χ0v) is 10.3. The second-order valence-corrected chi connectivity index (χ2v) is 5.10. The second kappa shape index (κ2) is 5.54. The monoisotopic (exact) mass is 273 g/mol. The highest BCUT2D eigenvalue weighted by Gasteiger charge is 2.20. The van der Waals surface area contributed by atoms with Gasteiger partial charge in [0.25, 0.3) is 15.7 Å². The molecule has 0 atom stereocenters. The minimum atomic E-state index is -4.10. The number of pyridine rings is 1. The molecule has 0 saturated carbocycles. The molecule has 1 aromatic rings. The standard InChI is InChI=1S/C9H11N3O5S/c1-2-3-9(13)11-18(16,17)8-4-7(12(14)15)5-10-6-8/h4-6H,2-3H2,1H3,(H,11,13). The fraction of sp³-hybridized carbons (Fsp3) is 0.333. The lowest BCUT2D eigenvalue weighted by Gasteiger charge is -2.05. The Morgan fingerprint density at radius 2 is 2.17 bits per heavy atom. The van der Waals surface area contributed by atoms with Gasteiger partial charge in [-0.3, -0.25) is 19.9 Å². The van der Waals surface area contributed by atoms with Crippen LogP contribution in [0.5, 0.6) is 0 Å². The molecular formula is C9H11N3O5S. The number of hydrogen-bond acceptors (Lipinski definition) is 6. The van der Waals surface area contributed by atoms with Crippen molar-refractivity contribution >= 4 is 21.6 Å². The Balaban J connectivity index is 3.02. The molecule has 1 rings (SSSR count). The smallest absolute Gasteiger partial charge is 0.274 e. The predicted molar refractivity (Wildman–Crippen MR) is 61.1 cm³/mol. The molecule has 0 aromatic carbocycles. The normalized spacial score (nSPS) is 10.9. The SMILES string of the molecule is CCCC(=O)NS(=O)(=O)c1cncc([N+](=O)[O-])c1. The second-order valence-electron chi connectivity index (χ2n) is 3.41. The van der Waals surface area contributed by atoms with Crippen molar-refractivity contribution in [3.63, 3.8) is 0 Å². The molecule has 0 unspecified atom stereocenters. The van der Waals surface area contributed by atoms with E-state index < -0.39 is 31.4 Å². The first-order chi connectivity index (χ1) is 8.36. The summed E-state index contributed by atoms with van der Waals surface area (Å²) in [5.74, 6) is -0.663. The van der Waals surface area contributed by atoms with Gasteiger partial charge in [0.15, 0.2) is 0 Å². The van der Waals surface area contributed by atoms with Crippen LogP contribution in [0.4, 0.5) is 5.69 Å². The van der Waals surface area contributed by atoms with E-state index in [1.807, 2.05) is 4.72 Å². The number of rotatable bonds is 5. The summed E-state index contributed by atoms with van der Waals surface area (Å²) in [4.78, 5) is 24.0. The summed E-state index contributed by atoms with van der Waals surface area (Å²) in [6.45, 7) is 1.72. The molecule has 8 nitrogen and oxygen atoms in total. The number of amides is 1. The van der Waals surface area contributed by atoms with Crippen LogP contribution < -0.4 is 4.72 Å². The van der Waals surface area contributed by atoms with Crippen LogP contribution in [0.3, 0.4) is 0 Å². The molecule has 0 aliphatic rings. The Morgan fingerprint density at radius 3 is 2.72 bits per heavy atom. The molecule has 0 aliphatic heterocycles. The fourth-order valence-electron chi connectivity index (χ4n) is 1.14. The molecule has 18 heavy (non-hydrogen) atoms. The predicted octanol–water partition coefficient (Wildman–Crippen LogP) is 0.595. The third-order valence-electron chi connectivity index (χ3n) is 1.95. The van der Waals surface area contributed by atoms with Crippen molar-refractivity contribution in [1.29, 1.82) is 0 Å². The number of nitro groups is 1. The van der Waals surface area contributed by atoms with Gasteiger partial charge in [-0.05, 0) is 6.42 Å². The summed E-state index contributed by atoms with van der Waals surface area (Å²) < 4.78 is 25.2. The van der Waals surface area contributed by atoms with E-state index in [4.69, 9.17) is 0 Å². The van der Waals surface area contributed by atoms with Crippen molar-refractivity contribution in [2.75, 3.05) is 0 Å². The highest BCUT2D eigenvalue weighted by Crippen LogP contribution is 2.15. The van der Waals surface area contributed by atoms with Crippen molar-refractivity contribution in [2.45, 2.75) is 24.7 Å². The third kappa shape index (κ3) is 3.48. The van der Waals surface area contributed by atoms with Gasteiger partial charge in [-0.15, -0.1) is 0 Å². The summed E-state index contributed by atoms with van der Waals surface area (Å²) in [6.07, 6.45) is 2.41. The van der Waals surface area contributed by atoms with Gasteiger partial charge in [0, 0.05) is 18.7 Å². The first kappa shape index (κ1) is 14.0. The van der Waals surface area contributed by atoms with Gasteiger partial charge in [0.05, 0.1) is 4.92 Å². The molecule has 0 fully saturated rings. The van der Waals surface area contributed by atoms with Crippen LogP contribution in [0.25, 0.3) is 0 Å². The van der Waals surface area contributed by atoms with E-state index in [9.17, 15) is 23.3 Å². The maximum absolute atomic E-state index is 11.7. The lowest BCUT2D eigenvalue weighted by Crippen LogP contribution is -2.30. The molecule has 0 aliphatic carbocycles. The lowest BCUT2D eigenvalue weighted by atomic mass is 10.3. The number of sulfonamides is 1. The molecule has 9 heteroatoms. The largest absolute Gasteiger partial charge is 0.288 e. The van der Waals surface area contributed by atoms with Crippen molar-refractivity contribution in [1.82, 2.24) is 9.71 Å². The molecule has 1 amide bonds. The molecular weight excluding hydrogens is 262 g/mol. The Morgan fingerprint density at radius 1 is 1.50 bits per heavy atom. The lowest BCUT2D eigenvalue weighted by molar-refractivity contribution is -0.385. The van der Waals surface area contributed by atoms with Crippen LogP contribution in [0.15, 0.2) is 23.4 Å². The topological polar surface area (TPSA) is 119 Å². The molecule has 1 aromatic heterocycles. The average molecular weight is 273 g/mol. The van der Waals surface area contributed by atoms with Gasteiger partial charge in [0.2, 0.25) is 5.91 Å². The number of nitrogens with one attached hydrogen (secondary N) is 1. The fourth-order valence-corrected chi connectivity index (χ4v) is 2.14. The van der Waals surface area contributed by atoms with E-state index in [-0.39, 0.29) is 6.42 Å². The van der Waals surface area contributed by atoms with Crippen LogP contribution in [0.1, 0.15) is 19.8 Å². The van der Waals surface area contributed by atoms with Gasteiger partial charge < -0.3 is 0 Å². The van der Waals surface area contributed by atoms with Crippen LogP contribution in [-0.2, 0) is 14.8 Å². The van der Waals surface area contributed by atoms with E-state index in [0.29, 0.717) is 6.42 Å². The quantitative estimate of drug-likeness (QED) is 0.619. The zero-order chi connectivity index (χ0) is 13.8. The van der Waals surface area contributed by atoms with Gasteiger partial charge in [0.1, 0.15) is 11.1 Å². The van der Waals surface area contributed by atoms with Gasteiger partial charge in [-0.25, -0.2) is 13.1 Å². The molecule has 1 N–H and O–H groups in total. The van der Waals surface area contributed by atoms with Gasteiger partial charge in [-0.2, -0.15) is 0 Å². The van der Waals surface area contributed by atoms with E-state index >= 15 is 0 Å². The average Bonchev–Trinajstić information content (AvgIpc) is 2.28. The van der Waals surface area contributed by atoms with Gasteiger partial charge >= 0.3 is 0 Å². The van der Waals surface area contributed by atoms with E-state index in [2.05, 4.69) is 4.98 Å². The van der Waals surface area contributed by atoms with E-state index in [0.717, 1.165) is 18.5 Å².